The summed E-state index contributed by atoms with van der Waals surface area (Å²) in [6.45, 7) is 4.72. The second-order valence-corrected chi connectivity index (χ2v) is 8.10. The first-order valence-corrected chi connectivity index (χ1v) is 10.6. The van der Waals surface area contributed by atoms with Crippen LogP contribution in [-0.4, -0.2) is 17.3 Å². The lowest BCUT2D eigenvalue weighted by molar-refractivity contribution is -0.0190. The second kappa shape index (κ2) is 7.69. The number of hydrogen-bond acceptors (Lipinski definition) is 4. The van der Waals surface area contributed by atoms with E-state index in [1.54, 1.807) is 0 Å². The van der Waals surface area contributed by atoms with Crippen molar-refractivity contribution in [2.45, 2.75) is 32.5 Å². The third kappa shape index (κ3) is 3.41. The Bertz CT molecular complexity index is 1090. The minimum atomic E-state index is -0.303. The van der Waals surface area contributed by atoms with Gasteiger partial charge in [-0.3, -0.25) is 0 Å². The van der Waals surface area contributed by atoms with Crippen LogP contribution in [0.3, 0.4) is 0 Å². The van der Waals surface area contributed by atoms with E-state index in [2.05, 4.69) is 36.2 Å². The second-order valence-electron chi connectivity index (χ2n) is 7.67. The van der Waals surface area contributed by atoms with Gasteiger partial charge in [-0.05, 0) is 61.9 Å². The summed E-state index contributed by atoms with van der Waals surface area (Å²) in [6, 6.07) is 22.5. The molecule has 0 bridgehead atoms. The molecule has 0 aromatic heterocycles. The van der Waals surface area contributed by atoms with Crippen LogP contribution in [-0.2, 0) is 0 Å². The van der Waals surface area contributed by atoms with Crippen molar-refractivity contribution in [2.24, 2.45) is 5.10 Å². The molecule has 0 radical (unpaired) electrons. The molecule has 0 fully saturated rings. The SMILES string of the molecule is CCOc1ccc([C@H]2Oc3ccc(Cl)cc3[C@H]3CC(c4ccc(C)cc4)=NN32)cc1. The van der Waals surface area contributed by atoms with E-state index in [-0.39, 0.29) is 12.3 Å². The summed E-state index contributed by atoms with van der Waals surface area (Å²) in [5.74, 6) is 1.71. The molecule has 152 valence electrons. The average Bonchev–Trinajstić information content (AvgIpc) is 3.20. The molecule has 4 nitrogen and oxygen atoms in total. The van der Waals surface area contributed by atoms with Crippen LogP contribution < -0.4 is 9.47 Å². The quantitative estimate of drug-likeness (QED) is 0.499. The first-order valence-electron chi connectivity index (χ1n) is 10.2. The molecule has 0 saturated heterocycles. The van der Waals surface area contributed by atoms with Crippen LogP contribution in [0.5, 0.6) is 11.5 Å². The van der Waals surface area contributed by atoms with E-state index in [0.717, 1.165) is 40.3 Å². The van der Waals surface area contributed by atoms with Crippen molar-refractivity contribution in [3.05, 3.63) is 94.0 Å². The van der Waals surface area contributed by atoms with E-state index in [1.807, 2.05) is 49.4 Å². The molecule has 3 aromatic rings. The molecule has 2 aliphatic rings. The summed E-state index contributed by atoms with van der Waals surface area (Å²) in [6.07, 6.45) is 0.509. The molecule has 2 aliphatic heterocycles. The fraction of sp³-hybridized carbons (Fsp3) is 0.240. The van der Waals surface area contributed by atoms with Gasteiger partial charge in [0.2, 0.25) is 6.23 Å². The minimum absolute atomic E-state index is 0.0836. The van der Waals surface area contributed by atoms with Gasteiger partial charge in [0.1, 0.15) is 11.5 Å². The maximum absolute atomic E-state index is 6.41. The van der Waals surface area contributed by atoms with Crippen molar-refractivity contribution in [3.63, 3.8) is 0 Å². The fourth-order valence-electron chi connectivity index (χ4n) is 4.09. The van der Waals surface area contributed by atoms with Gasteiger partial charge < -0.3 is 9.47 Å². The van der Waals surface area contributed by atoms with E-state index in [9.17, 15) is 0 Å². The monoisotopic (exact) mass is 418 g/mol. The Balaban J connectivity index is 1.55. The number of hydrazone groups is 1. The molecule has 0 aliphatic carbocycles. The molecule has 0 unspecified atom stereocenters. The summed E-state index contributed by atoms with van der Waals surface area (Å²) < 4.78 is 12.0. The number of hydrogen-bond donors (Lipinski definition) is 0. The highest BCUT2D eigenvalue weighted by molar-refractivity contribution is 6.30. The Labute approximate surface area is 181 Å². The molecular formula is C25H23ClN2O2. The molecule has 0 spiro atoms. The predicted octanol–water partition coefficient (Wildman–Crippen LogP) is 6.29. The van der Waals surface area contributed by atoms with Crippen molar-refractivity contribution < 1.29 is 9.47 Å². The zero-order valence-corrected chi connectivity index (χ0v) is 17.8. The Morgan fingerprint density at radius 1 is 1.07 bits per heavy atom. The standard InChI is InChI=1S/C25H23ClN2O2/c1-3-29-20-11-8-18(9-12-20)25-28-23(21-14-19(26)10-13-24(21)30-25)15-22(27-28)17-6-4-16(2)5-7-17/h4-14,23,25H,3,15H2,1-2H3/t23-,25-/m1/s1. The maximum atomic E-state index is 6.41. The van der Waals surface area contributed by atoms with E-state index in [1.165, 1.54) is 5.56 Å². The molecule has 2 atom stereocenters. The van der Waals surface area contributed by atoms with Crippen molar-refractivity contribution in [3.8, 4) is 11.5 Å². The molecule has 5 heteroatoms. The summed E-state index contributed by atoms with van der Waals surface area (Å²) in [5.41, 5.74) is 5.56. The Kier molecular flexibility index (Phi) is 4.87. The first-order chi connectivity index (χ1) is 14.6. The summed E-state index contributed by atoms with van der Waals surface area (Å²) >= 11 is 6.31. The van der Waals surface area contributed by atoms with Crippen LogP contribution in [0.25, 0.3) is 0 Å². The van der Waals surface area contributed by atoms with Gasteiger partial charge in [-0.25, -0.2) is 5.01 Å². The third-order valence-electron chi connectivity index (χ3n) is 5.61. The number of fused-ring (bicyclic) bond motifs is 3. The van der Waals surface area contributed by atoms with Crippen LogP contribution in [0, 0.1) is 6.92 Å². The van der Waals surface area contributed by atoms with Crippen molar-refractivity contribution >= 4 is 17.3 Å². The molecule has 0 amide bonds. The van der Waals surface area contributed by atoms with Gasteiger partial charge in [-0.2, -0.15) is 5.10 Å². The van der Waals surface area contributed by atoms with E-state index < -0.39 is 0 Å². The molecule has 30 heavy (non-hydrogen) atoms. The maximum Gasteiger partial charge on any atom is 0.213 e. The number of nitrogens with zero attached hydrogens (tertiary/aromatic N) is 2. The Morgan fingerprint density at radius 3 is 2.57 bits per heavy atom. The zero-order valence-electron chi connectivity index (χ0n) is 17.0. The smallest absolute Gasteiger partial charge is 0.213 e. The van der Waals surface area contributed by atoms with Gasteiger partial charge in [0, 0.05) is 22.6 Å². The topological polar surface area (TPSA) is 34.1 Å². The van der Waals surface area contributed by atoms with Crippen molar-refractivity contribution in [2.75, 3.05) is 6.61 Å². The molecule has 0 N–H and O–H groups in total. The minimum Gasteiger partial charge on any atom is -0.494 e. The largest absolute Gasteiger partial charge is 0.494 e. The Morgan fingerprint density at radius 2 is 1.83 bits per heavy atom. The van der Waals surface area contributed by atoms with E-state index >= 15 is 0 Å². The average molecular weight is 419 g/mol. The van der Waals surface area contributed by atoms with Gasteiger partial charge in [-0.15, -0.1) is 0 Å². The van der Waals surface area contributed by atoms with Crippen LogP contribution in [0.2, 0.25) is 5.02 Å². The first kappa shape index (κ1) is 19.0. The van der Waals surface area contributed by atoms with Gasteiger partial charge in [-0.1, -0.05) is 41.4 Å². The zero-order chi connectivity index (χ0) is 20.7. The predicted molar refractivity (Wildman–Crippen MR) is 119 cm³/mol. The van der Waals surface area contributed by atoms with Gasteiger partial charge in [0.05, 0.1) is 18.4 Å². The van der Waals surface area contributed by atoms with Crippen molar-refractivity contribution in [1.29, 1.82) is 0 Å². The summed E-state index contributed by atoms with van der Waals surface area (Å²) in [5, 5.41) is 7.79. The van der Waals surface area contributed by atoms with Gasteiger partial charge >= 0.3 is 0 Å². The van der Waals surface area contributed by atoms with Crippen LogP contribution in [0.4, 0.5) is 0 Å². The Hall–Kier alpha value is -2.98. The lowest BCUT2D eigenvalue weighted by atomic mass is 9.95. The number of benzene rings is 3. The summed E-state index contributed by atoms with van der Waals surface area (Å²) in [4.78, 5) is 0. The number of rotatable bonds is 4. The lowest BCUT2D eigenvalue weighted by Crippen LogP contribution is -2.33. The van der Waals surface area contributed by atoms with Crippen LogP contribution in [0.1, 0.15) is 47.9 Å². The highest BCUT2D eigenvalue weighted by Crippen LogP contribution is 2.48. The van der Waals surface area contributed by atoms with Crippen molar-refractivity contribution in [1.82, 2.24) is 5.01 Å². The van der Waals surface area contributed by atoms with Gasteiger partial charge in [0.25, 0.3) is 0 Å². The lowest BCUT2D eigenvalue weighted by Gasteiger charge is -2.38. The highest BCUT2D eigenvalue weighted by Gasteiger charge is 2.41. The van der Waals surface area contributed by atoms with Gasteiger partial charge in [0.15, 0.2) is 0 Å². The molecular weight excluding hydrogens is 396 g/mol. The number of aryl methyl sites for hydroxylation is 1. The third-order valence-corrected chi connectivity index (χ3v) is 5.85. The van der Waals surface area contributed by atoms with Crippen LogP contribution >= 0.6 is 11.6 Å². The highest BCUT2D eigenvalue weighted by atomic mass is 35.5. The normalized spacial score (nSPS) is 19.6. The molecule has 2 heterocycles. The molecule has 0 saturated carbocycles. The molecule has 3 aromatic carbocycles. The van der Waals surface area contributed by atoms with Crippen LogP contribution in [0.15, 0.2) is 71.8 Å². The number of halogens is 1. The molecule has 5 rings (SSSR count). The fourth-order valence-corrected chi connectivity index (χ4v) is 4.27. The van der Waals surface area contributed by atoms with E-state index in [4.69, 9.17) is 26.2 Å². The summed E-state index contributed by atoms with van der Waals surface area (Å²) in [7, 11) is 0. The van der Waals surface area contributed by atoms with E-state index in [0.29, 0.717) is 11.6 Å². The number of ether oxygens (including phenoxy) is 2.